The van der Waals surface area contributed by atoms with Gasteiger partial charge in [-0.15, -0.1) is 0 Å². The maximum absolute atomic E-state index is 13.7. The number of aliphatic hydroxyl groups excluding tert-OH is 1. The second-order valence-corrected chi connectivity index (χ2v) is 6.56. The first-order valence-electron chi connectivity index (χ1n) is 8.89. The first-order valence-corrected chi connectivity index (χ1v) is 8.89. The predicted molar refractivity (Wildman–Crippen MR) is 104 cm³/mol. The third-order valence-corrected chi connectivity index (χ3v) is 4.64. The summed E-state index contributed by atoms with van der Waals surface area (Å²) in [4.78, 5) is 0. The number of alkyl halides is 3. The Balaban J connectivity index is 1.73. The first-order chi connectivity index (χ1) is 14.0. The summed E-state index contributed by atoms with van der Waals surface area (Å²) in [5, 5.41) is 13.1. The van der Waals surface area contributed by atoms with Crippen molar-refractivity contribution in [3.05, 3.63) is 90.0 Å². The molecule has 0 atom stereocenters. The van der Waals surface area contributed by atoms with Crippen LogP contribution >= 0.6 is 0 Å². The normalized spacial score (nSPS) is 11.6. The standard InChI is InChI=1S/C23H16F3NO2/c24-23(25,26)20-12-18(10-11-19(20)16-4-2-1-3-5-16)22-13-21(27-29-22)17-8-6-15(14-28)7-9-17/h1-13,28H,14H2. The van der Waals surface area contributed by atoms with E-state index in [-0.39, 0.29) is 17.9 Å². The lowest BCUT2D eigenvalue weighted by Crippen LogP contribution is -2.07. The minimum Gasteiger partial charge on any atom is -0.392 e. The Hall–Kier alpha value is -3.38. The predicted octanol–water partition coefficient (Wildman–Crippen LogP) is 6.19. The van der Waals surface area contributed by atoms with Crippen LogP contribution < -0.4 is 0 Å². The summed E-state index contributed by atoms with van der Waals surface area (Å²) in [6.45, 7) is -0.0711. The van der Waals surface area contributed by atoms with Crippen LogP contribution in [0.25, 0.3) is 33.7 Å². The van der Waals surface area contributed by atoms with Crippen LogP contribution in [-0.4, -0.2) is 10.3 Å². The maximum atomic E-state index is 13.7. The molecule has 146 valence electrons. The summed E-state index contributed by atoms with van der Waals surface area (Å²) in [5.41, 5.74) is 2.17. The van der Waals surface area contributed by atoms with E-state index >= 15 is 0 Å². The van der Waals surface area contributed by atoms with Gasteiger partial charge in [-0.05, 0) is 22.8 Å². The second kappa shape index (κ2) is 7.56. The fourth-order valence-electron chi connectivity index (χ4n) is 3.13. The SMILES string of the molecule is OCc1ccc(-c2cc(-c3ccc(-c4ccccc4)c(C(F)(F)F)c3)on2)cc1. The van der Waals surface area contributed by atoms with E-state index in [1.54, 1.807) is 66.7 Å². The highest BCUT2D eigenvalue weighted by Gasteiger charge is 2.34. The molecular formula is C23H16F3NO2. The minimum absolute atomic E-state index is 0.0711. The molecule has 0 aliphatic rings. The zero-order chi connectivity index (χ0) is 20.4. The third kappa shape index (κ3) is 3.93. The van der Waals surface area contributed by atoms with Crippen LogP contribution in [0.1, 0.15) is 11.1 Å². The van der Waals surface area contributed by atoms with Gasteiger partial charge in [0, 0.05) is 17.2 Å². The highest BCUT2D eigenvalue weighted by atomic mass is 19.4. The summed E-state index contributed by atoms with van der Waals surface area (Å²) in [6.07, 6.45) is -4.51. The zero-order valence-corrected chi connectivity index (χ0v) is 15.1. The van der Waals surface area contributed by atoms with Crippen molar-refractivity contribution in [1.29, 1.82) is 0 Å². The number of benzene rings is 3. The number of aromatic nitrogens is 1. The molecular weight excluding hydrogens is 379 g/mol. The van der Waals surface area contributed by atoms with Gasteiger partial charge in [-0.1, -0.05) is 71.9 Å². The average molecular weight is 395 g/mol. The Morgan fingerprint density at radius 2 is 1.48 bits per heavy atom. The molecule has 0 spiro atoms. The van der Waals surface area contributed by atoms with Crippen LogP contribution in [0.15, 0.2) is 83.4 Å². The van der Waals surface area contributed by atoms with Crippen molar-refractivity contribution in [1.82, 2.24) is 5.16 Å². The number of nitrogens with zero attached hydrogens (tertiary/aromatic N) is 1. The summed E-state index contributed by atoms with van der Waals surface area (Å²) in [7, 11) is 0. The van der Waals surface area contributed by atoms with Gasteiger partial charge < -0.3 is 9.63 Å². The third-order valence-electron chi connectivity index (χ3n) is 4.64. The quantitative estimate of drug-likeness (QED) is 0.448. The maximum Gasteiger partial charge on any atom is 0.417 e. The van der Waals surface area contributed by atoms with Crippen molar-refractivity contribution in [3.8, 4) is 33.7 Å². The number of halogens is 3. The van der Waals surface area contributed by atoms with Crippen LogP contribution in [0.4, 0.5) is 13.2 Å². The Labute approximate surface area is 165 Å². The molecule has 0 aliphatic carbocycles. The molecule has 1 heterocycles. The highest BCUT2D eigenvalue weighted by Crippen LogP contribution is 2.39. The Kier molecular flexibility index (Phi) is 4.94. The van der Waals surface area contributed by atoms with Crippen LogP contribution in [0.3, 0.4) is 0 Å². The van der Waals surface area contributed by atoms with E-state index in [2.05, 4.69) is 5.16 Å². The number of hydrogen-bond donors (Lipinski definition) is 1. The van der Waals surface area contributed by atoms with Crippen LogP contribution in [-0.2, 0) is 12.8 Å². The Morgan fingerprint density at radius 3 is 2.14 bits per heavy atom. The van der Waals surface area contributed by atoms with Gasteiger partial charge >= 0.3 is 6.18 Å². The van der Waals surface area contributed by atoms with Crippen molar-refractivity contribution in [3.63, 3.8) is 0 Å². The van der Waals surface area contributed by atoms with Crippen molar-refractivity contribution in [2.24, 2.45) is 0 Å². The van der Waals surface area contributed by atoms with E-state index in [0.717, 1.165) is 17.2 Å². The molecule has 4 rings (SSSR count). The van der Waals surface area contributed by atoms with Crippen molar-refractivity contribution in [2.75, 3.05) is 0 Å². The molecule has 0 saturated heterocycles. The Bertz CT molecular complexity index is 1120. The summed E-state index contributed by atoms with van der Waals surface area (Å²) in [6, 6.07) is 21.2. The molecule has 0 saturated carbocycles. The molecule has 0 amide bonds. The zero-order valence-electron chi connectivity index (χ0n) is 15.1. The summed E-state index contributed by atoms with van der Waals surface area (Å²) >= 11 is 0. The first kappa shape index (κ1) is 19.0. The number of rotatable bonds is 4. The molecule has 4 aromatic rings. The van der Waals surface area contributed by atoms with Gasteiger partial charge in [0.05, 0.1) is 12.2 Å². The fraction of sp³-hybridized carbons (Fsp3) is 0.0870. The van der Waals surface area contributed by atoms with Crippen LogP contribution in [0, 0.1) is 0 Å². The van der Waals surface area contributed by atoms with Gasteiger partial charge in [0.1, 0.15) is 5.69 Å². The molecule has 29 heavy (non-hydrogen) atoms. The summed E-state index contributed by atoms with van der Waals surface area (Å²) < 4.78 is 46.4. The second-order valence-electron chi connectivity index (χ2n) is 6.56. The van der Waals surface area contributed by atoms with Gasteiger partial charge in [-0.2, -0.15) is 13.2 Å². The Morgan fingerprint density at radius 1 is 0.793 bits per heavy atom. The molecule has 3 nitrogen and oxygen atoms in total. The van der Waals surface area contributed by atoms with Gasteiger partial charge in [0.15, 0.2) is 5.76 Å². The fourth-order valence-corrected chi connectivity index (χ4v) is 3.13. The lowest BCUT2D eigenvalue weighted by Gasteiger charge is -2.14. The molecule has 6 heteroatoms. The van der Waals surface area contributed by atoms with E-state index in [0.29, 0.717) is 16.8 Å². The van der Waals surface area contributed by atoms with Crippen LogP contribution in [0.5, 0.6) is 0 Å². The average Bonchev–Trinajstić information content (AvgIpc) is 3.24. The molecule has 0 radical (unpaired) electrons. The number of hydrogen-bond acceptors (Lipinski definition) is 3. The molecule has 3 aromatic carbocycles. The van der Waals surface area contributed by atoms with E-state index < -0.39 is 11.7 Å². The van der Waals surface area contributed by atoms with Gasteiger partial charge in [-0.3, -0.25) is 0 Å². The molecule has 0 unspecified atom stereocenters. The van der Waals surface area contributed by atoms with Gasteiger partial charge in [0.25, 0.3) is 0 Å². The molecule has 1 N–H and O–H groups in total. The van der Waals surface area contributed by atoms with Crippen molar-refractivity contribution in [2.45, 2.75) is 12.8 Å². The van der Waals surface area contributed by atoms with E-state index in [1.807, 2.05) is 0 Å². The lowest BCUT2D eigenvalue weighted by atomic mass is 9.96. The smallest absolute Gasteiger partial charge is 0.392 e. The molecule has 0 aliphatic heterocycles. The van der Waals surface area contributed by atoms with E-state index in [9.17, 15) is 13.2 Å². The molecule has 0 bridgehead atoms. The largest absolute Gasteiger partial charge is 0.417 e. The van der Waals surface area contributed by atoms with E-state index in [4.69, 9.17) is 9.63 Å². The topological polar surface area (TPSA) is 46.3 Å². The molecule has 0 fully saturated rings. The van der Waals surface area contributed by atoms with Gasteiger partial charge in [0.2, 0.25) is 0 Å². The monoisotopic (exact) mass is 395 g/mol. The molecule has 1 aromatic heterocycles. The summed E-state index contributed by atoms with van der Waals surface area (Å²) in [5.74, 6) is 0.247. The van der Waals surface area contributed by atoms with Gasteiger partial charge in [-0.25, -0.2) is 0 Å². The highest BCUT2D eigenvalue weighted by molar-refractivity contribution is 5.74. The van der Waals surface area contributed by atoms with E-state index in [1.165, 1.54) is 6.07 Å². The minimum atomic E-state index is -4.51. The van der Waals surface area contributed by atoms with Crippen molar-refractivity contribution >= 4 is 0 Å². The lowest BCUT2D eigenvalue weighted by molar-refractivity contribution is -0.137. The van der Waals surface area contributed by atoms with Crippen molar-refractivity contribution < 1.29 is 22.8 Å². The van der Waals surface area contributed by atoms with Crippen LogP contribution in [0.2, 0.25) is 0 Å². The number of aliphatic hydroxyl groups is 1.